The lowest BCUT2D eigenvalue weighted by Crippen LogP contribution is -2.23. The average Bonchev–Trinajstić information content (AvgIpc) is 2.67. The fourth-order valence-electron chi connectivity index (χ4n) is 2.72. The lowest BCUT2D eigenvalue weighted by Gasteiger charge is -2.27. The molecule has 1 aliphatic heterocycles. The monoisotopic (exact) mass is 180 g/mol. The number of rotatable bonds is 2. The van der Waals surface area contributed by atoms with Crippen molar-refractivity contribution in [2.45, 2.75) is 57.2 Å². The average molecular weight is 180 g/mol. The van der Waals surface area contributed by atoms with Crippen molar-refractivity contribution >= 4 is 0 Å². The predicted molar refractivity (Wildman–Crippen MR) is 54.7 cm³/mol. The summed E-state index contributed by atoms with van der Waals surface area (Å²) in [6.45, 7) is 3.80. The molecule has 74 valence electrons. The summed E-state index contributed by atoms with van der Waals surface area (Å²) in [6, 6.07) is 0. The van der Waals surface area contributed by atoms with E-state index in [1.807, 2.05) is 6.08 Å². The second-order valence-corrected chi connectivity index (χ2v) is 4.42. The van der Waals surface area contributed by atoms with Crippen LogP contribution in [0.15, 0.2) is 12.7 Å². The largest absolute Gasteiger partial charge is 0.371 e. The van der Waals surface area contributed by atoms with E-state index in [1.165, 1.54) is 44.9 Å². The standard InChI is InChI=1S/C12H20O/c1-2-11-8-9-12(13-11)10-6-4-3-5-7-10/h2,10-12H,1,3-9H2/t11-,12?/m0/s1. The molecule has 1 aliphatic carbocycles. The van der Waals surface area contributed by atoms with Crippen LogP contribution in [0.3, 0.4) is 0 Å². The van der Waals surface area contributed by atoms with Gasteiger partial charge in [-0.15, -0.1) is 6.58 Å². The number of hydrogen-bond donors (Lipinski definition) is 0. The van der Waals surface area contributed by atoms with Gasteiger partial charge in [0.15, 0.2) is 0 Å². The Morgan fingerprint density at radius 2 is 1.77 bits per heavy atom. The van der Waals surface area contributed by atoms with Gasteiger partial charge in [-0.1, -0.05) is 25.3 Å². The number of ether oxygens (including phenoxy) is 1. The molecule has 1 saturated carbocycles. The van der Waals surface area contributed by atoms with E-state index in [1.54, 1.807) is 0 Å². The van der Waals surface area contributed by atoms with Gasteiger partial charge in [-0.2, -0.15) is 0 Å². The molecule has 0 amide bonds. The first-order chi connectivity index (χ1) is 6.40. The van der Waals surface area contributed by atoms with Crippen molar-refractivity contribution in [3.05, 3.63) is 12.7 Å². The molecule has 0 radical (unpaired) electrons. The molecule has 1 heterocycles. The highest BCUT2D eigenvalue weighted by Crippen LogP contribution is 2.34. The van der Waals surface area contributed by atoms with Crippen molar-refractivity contribution in [3.8, 4) is 0 Å². The summed E-state index contributed by atoms with van der Waals surface area (Å²) in [7, 11) is 0. The molecule has 13 heavy (non-hydrogen) atoms. The Morgan fingerprint density at radius 3 is 2.38 bits per heavy atom. The van der Waals surface area contributed by atoms with E-state index in [2.05, 4.69) is 6.58 Å². The van der Waals surface area contributed by atoms with Crippen LogP contribution in [-0.2, 0) is 4.74 Å². The van der Waals surface area contributed by atoms with Crippen LogP contribution in [0.5, 0.6) is 0 Å². The molecular weight excluding hydrogens is 160 g/mol. The first-order valence-corrected chi connectivity index (χ1v) is 5.68. The lowest BCUT2D eigenvalue weighted by atomic mass is 9.84. The molecular formula is C12H20O. The predicted octanol–water partition coefficient (Wildman–Crippen LogP) is 3.30. The van der Waals surface area contributed by atoms with Gasteiger partial charge < -0.3 is 4.74 Å². The minimum absolute atomic E-state index is 0.354. The normalized spacial score (nSPS) is 36.3. The third-order valence-corrected chi connectivity index (χ3v) is 3.52. The van der Waals surface area contributed by atoms with E-state index in [0.29, 0.717) is 12.2 Å². The summed E-state index contributed by atoms with van der Waals surface area (Å²) < 4.78 is 5.93. The zero-order valence-corrected chi connectivity index (χ0v) is 8.37. The fourth-order valence-corrected chi connectivity index (χ4v) is 2.72. The molecule has 0 aromatic carbocycles. The van der Waals surface area contributed by atoms with Crippen LogP contribution in [0.25, 0.3) is 0 Å². The maximum atomic E-state index is 5.93. The first kappa shape index (κ1) is 9.26. The van der Waals surface area contributed by atoms with Crippen LogP contribution in [-0.4, -0.2) is 12.2 Å². The molecule has 1 unspecified atom stereocenters. The van der Waals surface area contributed by atoms with Gasteiger partial charge in [0.05, 0.1) is 12.2 Å². The maximum Gasteiger partial charge on any atom is 0.0758 e. The van der Waals surface area contributed by atoms with Gasteiger partial charge in [0.1, 0.15) is 0 Å². The Hall–Kier alpha value is -0.300. The van der Waals surface area contributed by atoms with Gasteiger partial charge in [-0.25, -0.2) is 0 Å². The molecule has 0 bridgehead atoms. The van der Waals surface area contributed by atoms with Gasteiger partial charge in [-0.05, 0) is 31.6 Å². The summed E-state index contributed by atoms with van der Waals surface area (Å²) in [5, 5.41) is 0. The molecule has 1 heteroatoms. The minimum atomic E-state index is 0.354. The van der Waals surface area contributed by atoms with Crippen molar-refractivity contribution in [3.63, 3.8) is 0 Å². The van der Waals surface area contributed by atoms with Crippen molar-refractivity contribution in [2.75, 3.05) is 0 Å². The van der Waals surface area contributed by atoms with Gasteiger partial charge in [0.2, 0.25) is 0 Å². The van der Waals surface area contributed by atoms with Crippen molar-refractivity contribution < 1.29 is 4.74 Å². The molecule has 2 rings (SSSR count). The van der Waals surface area contributed by atoms with Gasteiger partial charge in [-0.3, -0.25) is 0 Å². The Balaban J connectivity index is 1.83. The van der Waals surface area contributed by atoms with Crippen LogP contribution >= 0.6 is 0 Å². The lowest BCUT2D eigenvalue weighted by molar-refractivity contribution is 0.0196. The molecule has 0 spiro atoms. The molecule has 0 aromatic rings. The van der Waals surface area contributed by atoms with Crippen LogP contribution < -0.4 is 0 Å². The third-order valence-electron chi connectivity index (χ3n) is 3.52. The third kappa shape index (κ3) is 2.14. The smallest absolute Gasteiger partial charge is 0.0758 e. The van der Waals surface area contributed by atoms with Crippen LogP contribution in [0, 0.1) is 5.92 Å². The molecule has 1 saturated heterocycles. The Kier molecular flexibility index (Phi) is 3.05. The van der Waals surface area contributed by atoms with Crippen LogP contribution in [0.1, 0.15) is 44.9 Å². The fraction of sp³-hybridized carbons (Fsp3) is 0.833. The SMILES string of the molecule is C=C[C@H]1CCC(C2CCCCC2)O1. The molecule has 0 N–H and O–H groups in total. The Bertz CT molecular complexity index is 170. The van der Waals surface area contributed by atoms with Crippen LogP contribution in [0.2, 0.25) is 0 Å². The van der Waals surface area contributed by atoms with Gasteiger partial charge >= 0.3 is 0 Å². The van der Waals surface area contributed by atoms with Gasteiger partial charge in [0.25, 0.3) is 0 Å². The van der Waals surface area contributed by atoms with Gasteiger partial charge in [0, 0.05) is 0 Å². The van der Waals surface area contributed by atoms with E-state index in [9.17, 15) is 0 Å². The zero-order valence-electron chi connectivity index (χ0n) is 8.37. The maximum absolute atomic E-state index is 5.93. The molecule has 1 nitrogen and oxygen atoms in total. The summed E-state index contributed by atoms with van der Waals surface area (Å²) >= 11 is 0. The quantitative estimate of drug-likeness (QED) is 0.592. The molecule has 0 aromatic heterocycles. The summed E-state index contributed by atoms with van der Waals surface area (Å²) in [4.78, 5) is 0. The number of hydrogen-bond acceptors (Lipinski definition) is 1. The second kappa shape index (κ2) is 4.28. The van der Waals surface area contributed by atoms with E-state index < -0.39 is 0 Å². The first-order valence-electron chi connectivity index (χ1n) is 5.68. The van der Waals surface area contributed by atoms with E-state index >= 15 is 0 Å². The second-order valence-electron chi connectivity index (χ2n) is 4.42. The summed E-state index contributed by atoms with van der Waals surface area (Å²) in [5.74, 6) is 0.860. The topological polar surface area (TPSA) is 9.23 Å². The van der Waals surface area contributed by atoms with Crippen molar-refractivity contribution in [1.82, 2.24) is 0 Å². The van der Waals surface area contributed by atoms with Crippen molar-refractivity contribution in [2.24, 2.45) is 5.92 Å². The molecule has 2 atom stereocenters. The zero-order chi connectivity index (χ0) is 9.10. The van der Waals surface area contributed by atoms with E-state index in [0.717, 1.165) is 5.92 Å². The molecule has 2 aliphatic rings. The summed E-state index contributed by atoms with van der Waals surface area (Å²) in [5.41, 5.74) is 0. The Labute approximate surface area is 81.2 Å². The van der Waals surface area contributed by atoms with E-state index in [4.69, 9.17) is 4.74 Å². The van der Waals surface area contributed by atoms with E-state index in [-0.39, 0.29) is 0 Å². The highest BCUT2D eigenvalue weighted by Gasteiger charge is 2.30. The minimum Gasteiger partial charge on any atom is -0.371 e. The highest BCUT2D eigenvalue weighted by atomic mass is 16.5. The van der Waals surface area contributed by atoms with Crippen LogP contribution in [0.4, 0.5) is 0 Å². The van der Waals surface area contributed by atoms with Crippen molar-refractivity contribution in [1.29, 1.82) is 0 Å². The molecule has 2 fully saturated rings. The highest BCUT2D eigenvalue weighted by molar-refractivity contribution is 4.89. The Morgan fingerprint density at radius 1 is 1.00 bits per heavy atom. The summed E-state index contributed by atoms with van der Waals surface area (Å²) in [6.07, 6.45) is 12.4.